The molecule has 80 valence electrons. The minimum atomic E-state index is 0.245. The highest BCUT2D eigenvalue weighted by molar-refractivity contribution is 7.15. The lowest BCUT2D eigenvalue weighted by molar-refractivity contribution is 0.289. The van der Waals surface area contributed by atoms with E-state index in [1.165, 1.54) is 4.88 Å². The Morgan fingerprint density at radius 2 is 2.40 bits per heavy atom. The maximum atomic E-state index is 8.79. The number of nitrogens with zero attached hydrogens (tertiary/aromatic N) is 1. The van der Waals surface area contributed by atoms with Crippen LogP contribution in [0, 0.1) is 6.92 Å². The first kappa shape index (κ1) is 10.4. The molecular formula is C11H14N2OS. The molecule has 4 heteroatoms. The number of thiazole rings is 1. The van der Waals surface area contributed by atoms with Gasteiger partial charge in [0.05, 0.1) is 11.4 Å². The number of rotatable bonds is 4. The molecule has 0 aliphatic heterocycles. The van der Waals surface area contributed by atoms with Crippen LogP contribution in [0.1, 0.15) is 17.0 Å². The van der Waals surface area contributed by atoms with Gasteiger partial charge in [-0.05, 0) is 31.9 Å². The zero-order chi connectivity index (χ0) is 10.7. The molecule has 0 atom stereocenters. The van der Waals surface area contributed by atoms with Gasteiger partial charge in [-0.1, -0.05) is 0 Å². The molecule has 0 amide bonds. The molecule has 2 rings (SSSR count). The predicted octanol–water partition coefficient (Wildman–Crippen LogP) is 2.37. The number of hydrogen-bond acceptors (Lipinski definition) is 3. The first-order chi connectivity index (χ1) is 7.31. The van der Waals surface area contributed by atoms with E-state index in [1.54, 1.807) is 11.3 Å². The highest BCUT2D eigenvalue weighted by Gasteiger charge is 2.09. The van der Waals surface area contributed by atoms with Crippen LogP contribution in [0.5, 0.6) is 0 Å². The fourth-order valence-corrected chi connectivity index (χ4v) is 2.57. The number of H-pyrrole nitrogens is 1. The zero-order valence-electron chi connectivity index (χ0n) is 8.66. The van der Waals surface area contributed by atoms with Crippen LogP contribution < -0.4 is 0 Å². The van der Waals surface area contributed by atoms with E-state index in [2.05, 4.69) is 9.97 Å². The van der Waals surface area contributed by atoms with Crippen LogP contribution in [0.15, 0.2) is 18.3 Å². The monoisotopic (exact) mass is 222 g/mol. The molecule has 2 N–H and O–H groups in total. The van der Waals surface area contributed by atoms with E-state index in [0.29, 0.717) is 0 Å². The predicted molar refractivity (Wildman–Crippen MR) is 62.0 cm³/mol. The number of aliphatic hydroxyl groups excluding tert-OH is 1. The van der Waals surface area contributed by atoms with Crippen molar-refractivity contribution in [3.05, 3.63) is 28.9 Å². The second kappa shape index (κ2) is 4.59. The Labute approximate surface area is 92.8 Å². The molecule has 0 aromatic carbocycles. The second-order valence-electron chi connectivity index (χ2n) is 3.44. The van der Waals surface area contributed by atoms with E-state index in [4.69, 9.17) is 5.11 Å². The van der Waals surface area contributed by atoms with Crippen LogP contribution in [0.2, 0.25) is 0 Å². The Kier molecular flexibility index (Phi) is 3.18. The minimum absolute atomic E-state index is 0.245. The number of hydrogen-bond donors (Lipinski definition) is 2. The Balaban J connectivity index is 2.21. The Morgan fingerprint density at radius 3 is 3.07 bits per heavy atom. The SMILES string of the molecule is Cc1nc(-c2ccc[nH]2)sc1CCCO. The Bertz CT molecular complexity index is 420. The van der Waals surface area contributed by atoms with Gasteiger partial charge in [0.1, 0.15) is 5.01 Å². The molecular weight excluding hydrogens is 208 g/mol. The first-order valence-corrected chi connectivity index (χ1v) is 5.84. The smallest absolute Gasteiger partial charge is 0.140 e. The molecule has 0 radical (unpaired) electrons. The maximum Gasteiger partial charge on any atom is 0.140 e. The number of aliphatic hydroxyl groups is 1. The third-order valence-electron chi connectivity index (χ3n) is 2.28. The van der Waals surface area contributed by atoms with Crippen molar-refractivity contribution in [1.29, 1.82) is 0 Å². The fourth-order valence-electron chi connectivity index (χ4n) is 1.48. The molecule has 3 nitrogen and oxygen atoms in total. The largest absolute Gasteiger partial charge is 0.396 e. The fraction of sp³-hybridized carbons (Fsp3) is 0.364. The third kappa shape index (κ3) is 2.27. The summed E-state index contributed by atoms with van der Waals surface area (Å²) < 4.78 is 0. The van der Waals surface area contributed by atoms with Crippen LogP contribution in [0.4, 0.5) is 0 Å². The van der Waals surface area contributed by atoms with Gasteiger partial charge in [0.15, 0.2) is 0 Å². The molecule has 2 heterocycles. The number of aryl methyl sites for hydroxylation is 2. The maximum absolute atomic E-state index is 8.79. The van der Waals surface area contributed by atoms with Gasteiger partial charge in [0, 0.05) is 17.7 Å². The summed E-state index contributed by atoms with van der Waals surface area (Å²) in [5, 5.41) is 9.82. The van der Waals surface area contributed by atoms with Crippen molar-refractivity contribution in [1.82, 2.24) is 9.97 Å². The van der Waals surface area contributed by atoms with Crippen molar-refractivity contribution in [2.45, 2.75) is 19.8 Å². The molecule has 0 unspecified atom stereocenters. The lowest BCUT2D eigenvalue weighted by atomic mass is 10.2. The second-order valence-corrected chi connectivity index (χ2v) is 4.52. The summed E-state index contributed by atoms with van der Waals surface area (Å²) in [6, 6.07) is 3.99. The van der Waals surface area contributed by atoms with Crippen LogP contribution in [-0.2, 0) is 6.42 Å². The van der Waals surface area contributed by atoms with Crippen molar-refractivity contribution in [3.63, 3.8) is 0 Å². The third-order valence-corrected chi connectivity index (χ3v) is 3.53. The van der Waals surface area contributed by atoms with E-state index in [9.17, 15) is 0 Å². The first-order valence-electron chi connectivity index (χ1n) is 5.02. The van der Waals surface area contributed by atoms with Crippen LogP contribution in [-0.4, -0.2) is 21.7 Å². The highest BCUT2D eigenvalue weighted by Crippen LogP contribution is 2.27. The van der Waals surface area contributed by atoms with Crippen LogP contribution in [0.25, 0.3) is 10.7 Å². The standard InChI is InChI=1S/C11H14N2OS/c1-8-10(5-3-7-14)15-11(13-8)9-4-2-6-12-9/h2,4,6,12,14H,3,5,7H2,1H3. The summed E-state index contributed by atoms with van der Waals surface area (Å²) in [6.07, 6.45) is 3.63. The minimum Gasteiger partial charge on any atom is -0.396 e. The van der Waals surface area contributed by atoms with E-state index < -0.39 is 0 Å². The Morgan fingerprint density at radius 1 is 1.53 bits per heavy atom. The van der Waals surface area contributed by atoms with Gasteiger partial charge in [-0.15, -0.1) is 11.3 Å². The van der Waals surface area contributed by atoms with E-state index >= 15 is 0 Å². The van der Waals surface area contributed by atoms with Crippen molar-refractivity contribution in [3.8, 4) is 10.7 Å². The molecule has 0 saturated carbocycles. The average molecular weight is 222 g/mol. The van der Waals surface area contributed by atoms with E-state index in [0.717, 1.165) is 29.2 Å². The van der Waals surface area contributed by atoms with Crippen molar-refractivity contribution in [2.24, 2.45) is 0 Å². The molecule has 0 saturated heterocycles. The van der Waals surface area contributed by atoms with Crippen molar-refractivity contribution in [2.75, 3.05) is 6.61 Å². The van der Waals surface area contributed by atoms with Crippen molar-refractivity contribution < 1.29 is 5.11 Å². The summed E-state index contributed by atoms with van der Waals surface area (Å²) in [6.45, 7) is 2.27. The summed E-state index contributed by atoms with van der Waals surface area (Å²) in [5.41, 5.74) is 2.15. The molecule has 0 aliphatic carbocycles. The quantitative estimate of drug-likeness (QED) is 0.834. The molecule has 2 aromatic rings. The average Bonchev–Trinajstić information content (AvgIpc) is 2.83. The van der Waals surface area contributed by atoms with Gasteiger partial charge in [0.2, 0.25) is 0 Å². The van der Waals surface area contributed by atoms with Gasteiger partial charge in [-0.3, -0.25) is 0 Å². The molecule has 0 fully saturated rings. The zero-order valence-corrected chi connectivity index (χ0v) is 9.47. The summed E-state index contributed by atoms with van der Waals surface area (Å²) >= 11 is 1.70. The molecule has 0 bridgehead atoms. The normalized spacial score (nSPS) is 10.8. The molecule has 15 heavy (non-hydrogen) atoms. The van der Waals surface area contributed by atoms with Gasteiger partial charge < -0.3 is 10.1 Å². The van der Waals surface area contributed by atoms with E-state index in [1.807, 2.05) is 25.3 Å². The lowest BCUT2D eigenvalue weighted by Crippen LogP contribution is -1.88. The number of nitrogens with one attached hydrogen (secondary N) is 1. The van der Waals surface area contributed by atoms with Gasteiger partial charge in [0.25, 0.3) is 0 Å². The van der Waals surface area contributed by atoms with E-state index in [-0.39, 0.29) is 6.61 Å². The number of aromatic amines is 1. The summed E-state index contributed by atoms with van der Waals surface area (Å²) in [5.74, 6) is 0. The Hall–Kier alpha value is -1.13. The molecule has 0 spiro atoms. The van der Waals surface area contributed by atoms with Crippen molar-refractivity contribution >= 4 is 11.3 Å². The molecule has 2 aromatic heterocycles. The van der Waals surface area contributed by atoms with Gasteiger partial charge in [-0.2, -0.15) is 0 Å². The number of aromatic nitrogens is 2. The topological polar surface area (TPSA) is 48.9 Å². The van der Waals surface area contributed by atoms with Gasteiger partial charge in [-0.25, -0.2) is 4.98 Å². The summed E-state index contributed by atoms with van der Waals surface area (Å²) in [7, 11) is 0. The van der Waals surface area contributed by atoms with Crippen LogP contribution in [0.3, 0.4) is 0 Å². The molecule has 0 aliphatic rings. The highest BCUT2D eigenvalue weighted by atomic mass is 32.1. The lowest BCUT2D eigenvalue weighted by Gasteiger charge is -1.93. The summed E-state index contributed by atoms with van der Waals surface area (Å²) in [4.78, 5) is 8.93. The van der Waals surface area contributed by atoms with Gasteiger partial charge >= 0.3 is 0 Å². The van der Waals surface area contributed by atoms with Crippen LogP contribution >= 0.6 is 11.3 Å².